The van der Waals surface area contributed by atoms with Crippen LogP contribution in [0.5, 0.6) is 0 Å². The van der Waals surface area contributed by atoms with Gasteiger partial charge < -0.3 is 10.5 Å². The lowest BCUT2D eigenvalue weighted by atomic mass is 10.2. The fourth-order valence-electron chi connectivity index (χ4n) is 1.28. The summed E-state index contributed by atoms with van der Waals surface area (Å²) >= 11 is 1.67. The van der Waals surface area contributed by atoms with Crippen molar-refractivity contribution in [2.75, 3.05) is 6.61 Å². The van der Waals surface area contributed by atoms with Gasteiger partial charge in [-0.15, -0.1) is 23.7 Å². The van der Waals surface area contributed by atoms with E-state index in [0.717, 1.165) is 11.3 Å². The van der Waals surface area contributed by atoms with Crippen molar-refractivity contribution in [1.82, 2.24) is 0 Å². The van der Waals surface area contributed by atoms with E-state index >= 15 is 0 Å². The summed E-state index contributed by atoms with van der Waals surface area (Å²) in [6.45, 7) is 4.31. The summed E-state index contributed by atoms with van der Waals surface area (Å²) in [5, 5.41) is 0. The van der Waals surface area contributed by atoms with Gasteiger partial charge >= 0.3 is 5.97 Å². The Bertz CT molecular complexity index is 328. The van der Waals surface area contributed by atoms with E-state index in [4.69, 9.17) is 10.5 Å². The van der Waals surface area contributed by atoms with Crippen molar-refractivity contribution in [3.05, 3.63) is 21.9 Å². The van der Waals surface area contributed by atoms with Crippen molar-refractivity contribution in [1.29, 1.82) is 0 Å². The van der Waals surface area contributed by atoms with Crippen LogP contribution in [0.15, 0.2) is 12.1 Å². The number of halogens is 1. The third kappa shape index (κ3) is 4.51. The van der Waals surface area contributed by atoms with Crippen LogP contribution in [-0.2, 0) is 16.0 Å². The van der Waals surface area contributed by atoms with Crippen LogP contribution >= 0.6 is 23.7 Å². The molecule has 0 amide bonds. The quantitative estimate of drug-likeness (QED) is 0.831. The molecule has 3 nitrogen and oxygen atoms in total. The molecule has 1 aromatic heterocycles. The van der Waals surface area contributed by atoms with E-state index in [1.165, 1.54) is 4.88 Å². The Morgan fingerprint density at radius 3 is 2.69 bits per heavy atom. The largest absolute Gasteiger partial charge is 0.466 e. The number of hydrogen-bond donors (Lipinski definition) is 1. The number of esters is 1. The minimum absolute atomic E-state index is 0. The van der Waals surface area contributed by atoms with Crippen molar-refractivity contribution in [3.8, 4) is 0 Å². The Morgan fingerprint density at radius 1 is 1.50 bits per heavy atom. The number of carbonyl (C=O) groups is 1. The molecule has 0 saturated carbocycles. The highest BCUT2D eigenvalue weighted by Crippen LogP contribution is 2.24. The van der Waals surface area contributed by atoms with E-state index in [1.807, 2.05) is 6.07 Å². The van der Waals surface area contributed by atoms with E-state index in [1.54, 1.807) is 18.3 Å². The molecule has 0 aliphatic carbocycles. The van der Waals surface area contributed by atoms with Crippen LogP contribution in [-0.4, -0.2) is 12.6 Å². The third-order valence-electron chi connectivity index (χ3n) is 2.09. The molecule has 2 N–H and O–H groups in total. The van der Waals surface area contributed by atoms with Crippen LogP contribution < -0.4 is 5.73 Å². The lowest BCUT2D eigenvalue weighted by Crippen LogP contribution is -2.16. The highest BCUT2D eigenvalue weighted by atomic mass is 35.5. The number of aryl methyl sites for hydroxylation is 1. The van der Waals surface area contributed by atoms with Crippen molar-refractivity contribution in [3.63, 3.8) is 0 Å². The van der Waals surface area contributed by atoms with Gasteiger partial charge in [0.25, 0.3) is 0 Å². The van der Waals surface area contributed by atoms with Crippen molar-refractivity contribution >= 4 is 29.7 Å². The molecule has 0 aromatic carbocycles. The molecule has 92 valence electrons. The summed E-state index contributed by atoms with van der Waals surface area (Å²) < 4.78 is 4.85. The van der Waals surface area contributed by atoms with Gasteiger partial charge in [-0.1, -0.05) is 6.92 Å². The van der Waals surface area contributed by atoms with E-state index in [9.17, 15) is 4.79 Å². The zero-order chi connectivity index (χ0) is 11.3. The van der Waals surface area contributed by atoms with Crippen LogP contribution in [0, 0.1) is 0 Å². The fourth-order valence-corrected chi connectivity index (χ4v) is 2.24. The maximum absolute atomic E-state index is 11.2. The molecule has 1 heterocycles. The van der Waals surface area contributed by atoms with Gasteiger partial charge in [0.2, 0.25) is 0 Å². The maximum Gasteiger partial charge on any atom is 0.307 e. The predicted octanol–water partition coefficient (Wildman–Crippen LogP) is 2.69. The van der Waals surface area contributed by atoms with Crippen molar-refractivity contribution in [2.45, 2.75) is 32.7 Å². The van der Waals surface area contributed by atoms with Crippen LogP contribution in [0.2, 0.25) is 0 Å². The Hall–Kier alpha value is -0.580. The van der Waals surface area contributed by atoms with E-state index in [0.29, 0.717) is 6.61 Å². The molecule has 0 spiro atoms. The second kappa shape index (κ2) is 7.65. The maximum atomic E-state index is 11.2. The first kappa shape index (κ1) is 15.4. The summed E-state index contributed by atoms with van der Waals surface area (Å²) in [5.74, 6) is -0.226. The summed E-state index contributed by atoms with van der Waals surface area (Å²) in [6, 6.07) is 3.83. The molecule has 0 aliphatic heterocycles. The SMILES string of the molecule is CCOC(=O)C[C@H](N)c1ccc(CC)s1.Cl. The van der Waals surface area contributed by atoms with Crippen LogP contribution in [0.1, 0.15) is 36.1 Å². The number of ether oxygens (including phenoxy) is 1. The molecule has 0 aliphatic rings. The molecule has 0 radical (unpaired) electrons. The Kier molecular flexibility index (Phi) is 7.38. The normalized spacial score (nSPS) is 11.7. The third-order valence-corrected chi connectivity index (χ3v) is 3.45. The summed E-state index contributed by atoms with van der Waals surface area (Å²) in [6.07, 6.45) is 1.27. The standard InChI is InChI=1S/C11H17NO2S.ClH/c1-3-8-5-6-10(15-8)9(12)7-11(13)14-4-2;/h5-6,9H,3-4,7,12H2,1-2H3;1H/t9-;/m0./s1. The lowest BCUT2D eigenvalue weighted by molar-refractivity contribution is -0.143. The molecule has 16 heavy (non-hydrogen) atoms. The van der Waals surface area contributed by atoms with Gasteiger partial charge in [-0.25, -0.2) is 0 Å². The number of rotatable bonds is 5. The molecular weight excluding hydrogens is 246 g/mol. The van der Waals surface area contributed by atoms with E-state index in [-0.39, 0.29) is 30.8 Å². The fraction of sp³-hybridized carbons (Fsp3) is 0.545. The summed E-state index contributed by atoms with van der Waals surface area (Å²) in [7, 11) is 0. The van der Waals surface area contributed by atoms with Crippen LogP contribution in [0.4, 0.5) is 0 Å². The first-order valence-electron chi connectivity index (χ1n) is 5.17. The second-order valence-electron chi connectivity index (χ2n) is 3.27. The average Bonchev–Trinajstić information content (AvgIpc) is 2.66. The van der Waals surface area contributed by atoms with Gasteiger partial charge in [0, 0.05) is 15.8 Å². The molecule has 1 atom stereocenters. The monoisotopic (exact) mass is 263 g/mol. The Labute approximate surface area is 106 Å². The number of carbonyl (C=O) groups excluding carboxylic acids is 1. The first-order valence-corrected chi connectivity index (χ1v) is 5.98. The van der Waals surface area contributed by atoms with Gasteiger partial charge in [-0.2, -0.15) is 0 Å². The minimum atomic E-state index is -0.227. The molecule has 1 rings (SSSR count). The molecule has 0 unspecified atom stereocenters. The van der Waals surface area contributed by atoms with Crippen LogP contribution in [0.3, 0.4) is 0 Å². The van der Waals surface area contributed by atoms with E-state index < -0.39 is 0 Å². The molecular formula is C11H18ClNO2S. The number of hydrogen-bond acceptors (Lipinski definition) is 4. The predicted molar refractivity (Wildman–Crippen MR) is 69.1 cm³/mol. The smallest absolute Gasteiger partial charge is 0.307 e. The molecule has 5 heteroatoms. The zero-order valence-corrected chi connectivity index (χ0v) is 11.2. The Morgan fingerprint density at radius 2 is 2.19 bits per heavy atom. The molecule has 0 saturated heterocycles. The zero-order valence-electron chi connectivity index (χ0n) is 9.56. The Balaban J connectivity index is 0.00000225. The second-order valence-corrected chi connectivity index (χ2v) is 4.47. The van der Waals surface area contributed by atoms with Crippen molar-refractivity contribution < 1.29 is 9.53 Å². The topological polar surface area (TPSA) is 52.3 Å². The summed E-state index contributed by atoms with van der Waals surface area (Å²) in [4.78, 5) is 13.6. The van der Waals surface area contributed by atoms with Gasteiger partial charge in [-0.3, -0.25) is 4.79 Å². The van der Waals surface area contributed by atoms with Gasteiger partial charge in [0.05, 0.1) is 13.0 Å². The lowest BCUT2D eigenvalue weighted by Gasteiger charge is -2.08. The van der Waals surface area contributed by atoms with E-state index in [2.05, 4.69) is 13.0 Å². The number of nitrogens with two attached hydrogens (primary N) is 1. The van der Waals surface area contributed by atoms with Crippen LogP contribution in [0.25, 0.3) is 0 Å². The van der Waals surface area contributed by atoms with Gasteiger partial charge in [-0.05, 0) is 25.5 Å². The molecule has 0 bridgehead atoms. The highest BCUT2D eigenvalue weighted by Gasteiger charge is 2.14. The minimum Gasteiger partial charge on any atom is -0.466 e. The first-order chi connectivity index (χ1) is 7.17. The number of thiophene rings is 1. The molecule has 1 aromatic rings. The van der Waals surface area contributed by atoms with Crippen molar-refractivity contribution in [2.24, 2.45) is 5.73 Å². The average molecular weight is 264 g/mol. The van der Waals surface area contributed by atoms with Gasteiger partial charge in [0.1, 0.15) is 0 Å². The van der Waals surface area contributed by atoms with Gasteiger partial charge in [0.15, 0.2) is 0 Å². The summed E-state index contributed by atoms with van der Waals surface area (Å²) in [5.41, 5.74) is 5.90. The highest BCUT2D eigenvalue weighted by molar-refractivity contribution is 7.12. The molecule has 0 fully saturated rings.